The van der Waals surface area contributed by atoms with Crippen molar-refractivity contribution in [3.05, 3.63) is 83.9 Å². The van der Waals surface area contributed by atoms with Crippen LogP contribution in [-0.2, 0) is 0 Å². The van der Waals surface area contributed by atoms with Crippen LogP contribution in [0, 0.1) is 0 Å². The molecule has 1 nitrogen and oxygen atoms in total. The Morgan fingerprint density at radius 2 is 1.39 bits per heavy atom. The number of hydrogen-bond donors (Lipinski definition) is 1. The summed E-state index contributed by atoms with van der Waals surface area (Å²) in [5.74, 6) is 0. The SMILES string of the molecule is C=C(C)CNC(c1ccccc1)c1ccccc1. The van der Waals surface area contributed by atoms with Gasteiger partial charge in [0, 0.05) is 6.54 Å². The summed E-state index contributed by atoms with van der Waals surface area (Å²) >= 11 is 0. The molecule has 0 spiro atoms. The summed E-state index contributed by atoms with van der Waals surface area (Å²) in [7, 11) is 0. The van der Waals surface area contributed by atoms with E-state index in [1.54, 1.807) is 0 Å². The van der Waals surface area contributed by atoms with E-state index in [0.29, 0.717) is 0 Å². The van der Waals surface area contributed by atoms with Crippen LogP contribution in [0.15, 0.2) is 72.8 Å². The van der Waals surface area contributed by atoms with Gasteiger partial charge in [0.2, 0.25) is 0 Å². The second-order valence-corrected chi connectivity index (χ2v) is 4.59. The van der Waals surface area contributed by atoms with Gasteiger partial charge in [0.15, 0.2) is 0 Å². The second-order valence-electron chi connectivity index (χ2n) is 4.59. The van der Waals surface area contributed by atoms with Crippen LogP contribution in [0.4, 0.5) is 0 Å². The van der Waals surface area contributed by atoms with Crippen LogP contribution in [0.25, 0.3) is 0 Å². The summed E-state index contributed by atoms with van der Waals surface area (Å²) in [6.45, 7) is 6.82. The summed E-state index contributed by atoms with van der Waals surface area (Å²) in [4.78, 5) is 0. The highest BCUT2D eigenvalue weighted by Crippen LogP contribution is 2.21. The Hall–Kier alpha value is -1.86. The molecule has 0 bridgehead atoms. The third kappa shape index (κ3) is 3.31. The minimum atomic E-state index is 0.226. The van der Waals surface area contributed by atoms with E-state index < -0.39 is 0 Å². The molecule has 0 amide bonds. The minimum Gasteiger partial charge on any atom is -0.302 e. The van der Waals surface area contributed by atoms with E-state index in [2.05, 4.69) is 60.4 Å². The van der Waals surface area contributed by atoms with Crippen molar-refractivity contribution in [2.45, 2.75) is 13.0 Å². The van der Waals surface area contributed by atoms with Crippen molar-refractivity contribution in [3.63, 3.8) is 0 Å². The lowest BCUT2D eigenvalue weighted by Gasteiger charge is -2.20. The molecule has 0 aliphatic rings. The van der Waals surface area contributed by atoms with Gasteiger partial charge in [0.05, 0.1) is 6.04 Å². The van der Waals surface area contributed by atoms with Gasteiger partial charge in [-0.15, -0.1) is 0 Å². The van der Waals surface area contributed by atoms with Crippen LogP contribution in [0.2, 0.25) is 0 Å². The smallest absolute Gasteiger partial charge is 0.0579 e. The first-order valence-corrected chi connectivity index (χ1v) is 6.25. The summed E-state index contributed by atoms with van der Waals surface area (Å²) < 4.78 is 0. The molecule has 0 heterocycles. The monoisotopic (exact) mass is 237 g/mol. The van der Waals surface area contributed by atoms with E-state index in [0.717, 1.165) is 12.1 Å². The zero-order chi connectivity index (χ0) is 12.8. The van der Waals surface area contributed by atoms with Crippen molar-refractivity contribution in [3.8, 4) is 0 Å². The molecule has 92 valence electrons. The van der Waals surface area contributed by atoms with Crippen LogP contribution in [0.1, 0.15) is 24.1 Å². The Balaban J connectivity index is 2.26. The first-order valence-electron chi connectivity index (χ1n) is 6.25. The van der Waals surface area contributed by atoms with Gasteiger partial charge in [-0.3, -0.25) is 0 Å². The number of rotatable bonds is 5. The molecule has 0 aliphatic heterocycles. The molecule has 0 saturated heterocycles. The summed E-state index contributed by atoms with van der Waals surface area (Å²) in [6.07, 6.45) is 0. The average Bonchev–Trinajstić information content (AvgIpc) is 2.41. The summed E-state index contributed by atoms with van der Waals surface area (Å²) in [5.41, 5.74) is 3.71. The molecule has 2 aromatic rings. The maximum Gasteiger partial charge on any atom is 0.0579 e. The molecule has 1 heteroatoms. The Bertz CT molecular complexity index is 448. The van der Waals surface area contributed by atoms with Gasteiger partial charge in [0.1, 0.15) is 0 Å². The highest BCUT2D eigenvalue weighted by atomic mass is 14.9. The van der Waals surface area contributed by atoms with E-state index >= 15 is 0 Å². The van der Waals surface area contributed by atoms with E-state index in [1.807, 2.05) is 19.1 Å². The predicted octanol–water partition coefficient (Wildman–Crippen LogP) is 3.94. The van der Waals surface area contributed by atoms with Gasteiger partial charge in [-0.05, 0) is 18.1 Å². The van der Waals surface area contributed by atoms with Crippen LogP contribution in [0.3, 0.4) is 0 Å². The Labute approximate surface area is 109 Å². The van der Waals surface area contributed by atoms with Gasteiger partial charge in [0.25, 0.3) is 0 Å². The van der Waals surface area contributed by atoms with Crippen LogP contribution < -0.4 is 5.32 Å². The third-order valence-corrected chi connectivity index (χ3v) is 2.87. The topological polar surface area (TPSA) is 12.0 Å². The highest BCUT2D eigenvalue weighted by Gasteiger charge is 2.12. The second kappa shape index (κ2) is 6.18. The molecule has 0 aromatic heterocycles. The Kier molecular flexibility index (Phi) is 4.32. The van der Waals surface area contributed by atoms with Gasteiger partial charge in [-0.2, -0.15) is 0 Å². The fourth-order valence-electron chi connectivity index (χ4n) is 2.00. The Morgan fingerprint density at radius 1 is 0.944 bits per heavy atom. The summed E-state index contributed by atoms with van der Waals surface area (Å²) in [6, 6.07) is 21.2. The maximum absolute atomic E-state index is 3.95. The highest BCUT2D eigenvalue weighted by molar-refractivity contribution is 5.31. The van der Waals surface area contributed by atoms with Crippen molar-refractivity contribution in [2.24, 2.45) is 0 Å². The zero-order valence-corrected chi connectivity index (χ0v) is 10.8. The minimum absolute atomic E-state index is 0.226. The molecular weight excluding hydrogens is 218 g/mol. The van der Waals surface area contributed by atoms with Crippen LogP contribution >= 0.6 is 0 Å². The molecule has 2 rings (SSSR count). The molecule has 0 radical (unpaired) electrons. The van der Waals surface area contributed by atoms with Crippen LogP contribution in [0.5, 0.6) is 0 Å². The number of benzene rings is 2. The van der Waals surface area contributed by atoms with Gasteiger partial charge < -0.3 is 5.32 Å². The molecule has 18 heavy (non-hydrogen) atoms. The molecule has 2 aromatic carbocycles. The molecule has 0 atom stereocenters. The van der Waals surface area contributed by atoms with Gasteiger partial charge in [-0.1, -0.05) is 72.8 Å². The molecule has 0 unspecified atom stereocenters. The zero-order valence-electron chi connectivity index (χ0n) is 10.8. The Morgan fingerprint density at radius 3 is 1.78 bits per heavy atom. The third-order valence-electron chi connectivity index (χ3n) is 2.87. The van der Waals surface area contributed by atoms with Crippen molar-refractivity contribution in [1.29, 1.82) is 0 Å². The standard InChI is InChI=1S/C17H19N/c1-14(2)13-18-17(15-9-5-3-6-10-15)16-11-7-4-8-12-16/h3-12,17-18H,1,13H2,2H3. The molecule has 1 N–H and O–H groups in total. The predicted molar refractivity (Wildman–Crippen MR) is 77.5 cm³/mol. The normalized spacial score (nSPS) is 10.6. The largest absolute Gasteiger partial charge is 0.302 e. The fourth-order valence-corrected chi connectivity index (χ4v) is 2.00. The van der Waals surface area contributed by atoms with Crippen molar-refractivity contribution < 1.29 is 0 Å². The number of nitrogens with one attached hydrogen (secondary N) is 1. The van der Waals surface area contributed by atoms with Crippen molar-refractivity contribution >= 4 is 0 Å². The van der Waals surface area contributed by atoms with Crippen LogP contribution in [-0.4, -0.2) is 6.54 Å². The van der Waals surface area contributed by atoms with Crippen molar-refractivity contribution in [1.82, 2.24) is 5.32 Å². The lowest BCUT2D eigenvalue weighted by atomic mass is 9.98. The maximum atomic E-state index is 3.95. The lowest BCUT2D eigenvalue weighted by Crippen LogP contribution is -2.23. The quantitative estimate of drug-likeness (QED) is 0.777. The molecule has 0 aliphatic carbocycles. The molecule has 0 saturated carbocycles. The van der Waals surface area contributed by atoms with E-state index in [-0.39, 0.29) is 6.04 Å². The van der Waals surface area contributed by atoms with Gasteiger partial charge in [-0.25, -0.2) is 0 Å². The first kappa shape index (κ1) is 12.6. The number of hydrogen-bond acceptors (Lipinski definition) is 1. The first-order chi connectivity index (χ1) is 8.77. The molecule has 0 fully saturated rings. The van der Waals surface area contributed by atoms with E-state index in [1.165, 1.54) is 11.1 Å². The summed E-state index contributed by atoms with van der Waals surface area (Å²) in [5, 5.41) is 3.55. The molecular formula is C17H19N. The average molecular weight is 237 g/mol. The lowest BCUT2D eigenvalue weighted by molar-refractivity contribution is 0.641. The van der Waals surface area contributed by atoms with E-state index in [4.69, 9.17) is 0 Å². The van der Waals surface area contributed by atoms with Crippen molar-refractivity contribution in [2.75, 3.05) is 6.54 Å². The fraction of sp³-hybridized carbons (Fsp3) is 0.176. The van der Waals surface area contributed by atoms with E-state index in [9.17, 15) is 0 Å². The van der Waals surface area contributed by atoms with Gasteiger partial charge >= 0.3 is 0 Å².